The molecule has 0 spiro atoms. The maximum absolute atomic E-state index is 12.2. The van der Waals surface area contributed by atoms with E-state index < -0.39 is 12.3 Å². The molecular weight excluding hydrogens is 614 g/mol. The molecule has 3 N–H and O–H groups in total. The second-order valence-electron chi connectivity index (χ2n) is 11.5. The Bertz CT molecular complexity index is 1610. The number of carboxylic acids is 1. The molecular formula is C38H41NO7S. The first kappa shape index (κ1) is 34.2. The van der Waals surface area contributed by atoms with Gasteiger partial charge in [-0.25, -0.2) is 0 Å². The lowest BCUT2D eigenvalue weighted by Crippen LogP contribution is -2.31. The predicted octanol–water partition coefficient (Wildman–Crippen LogP) is 7.45. The Morgan fingerprint density at radius 3 is 2.34 bits per heavy atom. The molecule has 5 rings (SSSR count). The maximum atomic E-state index is 12.2. The van der Waals surface area contributed by atoms with Crippen LogP contribution in [0.2, 0.25) is 0 Å². The summed E-state index contributed by atoms with van der Waals surface area (Å²) in [5.74, 6) is 0.647. The third-order valence-corrected chi connectivity index (χ3v) is 9.27. The number of aliphatic hydroxyl groups is 1. The van der Waals surface area contributed by atoms with Gasteiger partial charge in [0.05, 0.1) is 25.9 Å². The molecule has 0 aromatic heterocycles. The number of aliphatic carboxylic acids is 1. The Kier molecular flexibility index (Phi) is 12.5. The molecule has 0 saturated carbocycles. The van der Waals surface area contributed by atoms with Gasteiger partial charge in [-0.1, -0.05) is 78.9 Å². The van der Waals surface area contributed by atoms with Gasteiger partial charge in [-0.05, 0) is 58.9 Å². The van der Waals surface area contributed by atoms with Crippen LogP contribution in [0.25, 0.3) is 11.1 Å². The van der Waals surface area contributed by atoms with Crippen molar-refractivity contribution in [3.05, 3.63) is 119 Å². The second kappa shape index (κ2) is 17.1. The van der Waals surface area contributed by atoms with Crippen LogP contribution in [0.5, 0.6) is 5.75 Å². The third kappa shape index (κ3) is 9.92. The van der Waals surface area contributed by atoms with Crippen LogP contribution in [-0.2, 0) is 32.2 Å². The Morgan fingerprint density at radius 1 is 0.851 bits per heavy atom. The number of benzene rings is 4. The van der Waals surface area contributed by atoms with E-state index in [-0.39, 0.29) is 31.1 Å². The molecule has 1 aliphatic heterocycles. The summed E-state index contributed by atoms with van der Waals surface area (Å²) in [6, 6.07) is 32.1. The van der Waals surface area contributed by atoms with Crippen molar-refractivity contribution in [3.63, 3.8) is 0 Å². The fourth-order valence-corrected chi connectivity index (χ4v) is 6.54. The van der Waals surface area contributed by atoms with Gasteiger partial charge in [0, 0.05) is 42.0 Å². The largest absolute Gasteiger partial charge is 0.496 e. The van der Waals surface area contributed by atoms with Crippen LogP contribution < -0.4 is 10.1 Å². The highest BCUT2D eigenvalue weighted by molar-refractivity contribution is 7.99. The maximum Gasteiger partial charge on any atom is 0.303 e. The first-order chi connectivity index (χ1) is 22.9. The van der Waals surface area contributed by atoms with E-state index in [2.05, 4.69) is 29.6 Å². The topological polar surface area (TPSA) is 114 Å². The number of thioether (sulfide) groups is 1. The molecule has 1 heterocycles. The van der Waals surface area contributed by atoms with Crippen LogP contribution >= 0.6 is 11.8 Å². The van der Waals surface area contributed by atoms with Crippen LogP contribution in [0, 0.1) is 0 Å². The van der Waals surface area contributed by atoms with Crippen LogP contribution in [0.1, 0.15) is 66.8 Å². The summed E-state index contributed by atoms with van der Waals surface area (Å²) in [5.41, 5.74) is 5.87. The lowest BCUT2D eigenvalue weighted by atomic mass is 9.99. The molecule has 0 bridgehead atoms. The summed E-state index contributed by atoms with van der Waals surface area (Å²) < 4.78 is 18.6. The van der Waals surface area contributed by atoms with Crippen molar-refractivity contribution in [1.82, 2.24) is 5.32 Å². The molecule has 0 unspecified atom stereocenters. The number of hydrogen-bond donors (Lipinski definition) is 3. The molecule has 4 aromatic rings. The molecule has 4 aromatic carbocycles. The minimum absolute atomic E-state index is 0.00418. The number of methoxy groups -OCH3 is 1. The van der Waals surface area contributed by atoms with Crippen molar-refractivity contribution in [2.24, 2.45) is 0 Å². The Labute approximate surface area is 280 Å². The molecule has 1 amide bonds. The number of carbonyl (C=O) groups is 2. The summed E-state index contributed by atoms with van der Waals surface area (Å²) in [4.78, 5) is 23.9. The number of carbonyl (C=O) groups excluding carboxylic acids is 1. The molecule has 246 valence electrons. The highest BCUT2D eigenvalue weighted by Crippen LogP contribution is 2.40. The van der Waals surface area contributed by atoms with Gasteiger partial charge in [0.25, 0.3) is 0 Å². The molecule has 1 aliphatic rings. The summed E-state index contributed by atoms with van der Waals surface area (Å²) in [6.07, 6.45) is 1.33. The third-order valence-electron chi connectivity index (χ3n) is 8.09. The van der Waals surface area contributed by atoms with Crippen molar-refractivity contribution < 1.29 is 34.0 Å². The van der Waals surface area contributed by atoms with Crippen LogP contribution in [0.4, 0.5) is 0 Å². The van der Waals surface area contributed by atoms with Gasteiger partial charge in [0.2, 0.25) is 5.91 Å². The van der Waals surface area contributed by atoms with Gasteiger partial charge in [-0.15, -0.1) is 11.8 Å². The van der Waals surface area contributed by atoms with E-state index in [0.29, 0.717) is 32.2 Å². The molecule has 1 fully saturated rings. The van der Waals surface area contributed by atoms with E-state index in [1.165, 1.54) is 0 Å². The highest BCUT2D eigenvalue weighted by atomic mass is 32.2. The minimum atomic E-state index is -0.841. The quantitative estimate of drug-likeness (QED) is 0.0894. The first-order valence-corrected chi connectivity index (χ1v) is 16.8. The smallest absolute Gasteiger partial charge is 0.303 e. The zero-order valence-electron chi connectivity index (χ0n) is 26.5. The summed E-state index contributed by atoms with van der Waals surface area (Å²) in [5, 5.41) is 21.2. The first-order valence-electron chi connectivity index (χ1n) is 15.9. The lowest BCUT2D eigenvalue weighted by molar-refractivity contribution is -0.245. The number of nitrogens with one attached hydrogen (secondary N) is 1. The summed E-state index contributed by atoms with van der Waals surface area (Å²) in [7, 11) is 1.68. The average Bonchev–Trinajstić information content (AvgIpc) is 3.11. The Morgan fingerprint density at radius 2 is 1.60 bits per heavy atom. The molecule has 0 radical (unpaired) electrons. The van der Waals surface area contributed by atoms with E-state index in [0.717, 1.165) is 49.8 Å². The lowest BCUT2D eigenvalue weighted by Gasteiger charge is -2.36. The van der Waals surface area contributed by atoms with E-state index in [1.807, 2.05) is 72.8 Å². The van der Waals surface area contributed by atoms with Crippen LogP contribution in [0.15, 0.2) is 102 Å². The Balaban J connectivity index is 1.25. The summed E-state index contributed by atoms with van der Waals surface area (Å²) in [6.45, 7) is 0.401. The van der Waals surface area contributed by atoms with Crippen LogP contribution in [0.3, 0.4) is 0 Å². The zero-order valence-corrected chi connectivity index (χ0v) is 27.3. The monoisotopic (exact) mass is 655 g/mol. The van der Waals surface area contributed by atoms with Gasteiger partial charge >= 0.3 is 5.97 Å². The van der Waals surface area contributed by atoms with E-state index in [9.17, 15) is 14.7 Å². The fourth-order valence-electron chi connectivity index (χ4n) is 5.49. The molecule has 1 saturated heterocycles. The van der Waals surface area contributed by atoms with Crippen molar-refractivity contribution in [2.75, 3.05) is 12.9 Å². The number of hydrogen-bond acceptors (Lipinski definition) is 7. The van der Waals surface area contributed by atoms with Gasteiger partial charge in [0.1, 0.15) is 5.75 Å². The standard InChI is InChI=1S/C38H41NO7S/c1-44-33-9-2-3-10-35(33)47-25-32-22-34(29-15-13-26(24-40)14-16-29)46-38(45-32)30-19-17-28(18-20-30)31-8-6-7-27(21-31)23-39-36(41)11-4-5-12-37(42)43/h2-3,6-10,13-21,32,34,38,40H,4-5,11-12,22-25H2,1H3,(H,39,41)(H,42,43)/t32-,34+,38+/m1/s1. The number of ether oxygens (including phenoxy) is 3. The van der Waals surface area contributed by atoms with Crippen molar-refractivity contribution in [3.8, 4) is 16.9 Å². The highest BCUT2D eigenvalue weighted by Gasteiger charge is 2.32. The van der Waals surface area contributed by atoms with Gasteiger partial charge in [0.15, 0.2) is 6.29 Å². The van der Waals surface area contributed by atoms with Gasteiger partial charge in [-0.2, -0.15) is 0 Å². The average molecular weight is 656 g/mol. The number of unbranched alkanes of at least 4 members (excludes halogenated alkanes) is 1. The molecule has 0 aliphatic carbocycles. The SMILES string of the molecule is COc1ccccc1SC[C@H]1C[C@@H](c2ccc(CO)cc2)O[C@@H](c2ccc(-c3cccc(CNC(=O)CCCCC(=O)O)c3)cc2)O1. The number of carboxylic acid groups (broad SMARTS) is 1. The Hall–Kier alpha value is -4.15. The number of amides is 1. The van der Waals surface area contributed by atoms with Crippen LogP contribution in [-0.4, -0.2) is 41.1 Å². The van der Waals surface area contributed by atoms with E-state index in [1.54, 1.807) is 18.9 Å². The minimum Gasteiger partial charge on any atom is -0.496 e. The van der Waals surface area contributed by atoms with Gasteiger partial charge < -0.3 is 29.7 Å². The van der Waals surface area contributed by atoms with Crippen molar-refractivity contribution >= 4 is 23.6 Å². The van der Waals surface area contributed by atoms with Crippen molar-refractivity contribution in [1.29, 1.82) is 0 Å². The molecule has 9 heteroatoms. The number of para-hydroxylation sites is 1. The van der Waals surface area contributed by atoms with Crippen molar-refractivity contribution in [2.45, 2.75) is 68.6 Å². The normalized spacial score (nSPS) is 17.6. The molecule has 3 atom stereocenters. The predicted molar refractivity (Wildman–Crippen MR) is 182 cm³/mol. The summed E-state index contributed by atoms with van der Waals surface area (Å²) >= 11 is 1.70. The molecule has 8 nitrogen and oxygen atoms in total. The van der Waals surface area contributed by atoms with E-state index >= 15 is 0 Å². The fraction of sp³-hybridized carbons (Fsp3) is 0.316. The molecule has 47 heavy (non-hydrogen) atoms. The second-order valence-corrected chi connectivity index (χ2v) is 12.6. The zero-order chi connectivity index (χ0) is 33.0. The number of aliphatic hydroxyl groups excluding tert-OH is 1. The number of rotatable bonds is 15. The van der Waals surface area contributed by atoms with Gasteiger partial charge in [-0.3, -0.25) is 9.59 Å². The van der Waals surface area contributed by atoms with E-state index in [4.69, 9.17) is 19.3 Å².